The Labute approximate surface area is 224 Å². The third kappa shape index (κ3) is 4.14. The van der Waals surface area contributed by atoms with Gasteiger partial charge in [-0.05, 0) is 57.9 Å². The van der Waals surface area contributed by atoms with Crippen molar-refractivity contribution in [3.63, 3.8) is 0 Å². The molecule has 198 valence electrons. The zero-order valence-corrected chi connectivity index (χ0v) is 23.1. The van der Waals surface area contributed by atoms with E-state index in [2.05, 4.69) is 42.0 Å². The number of amides is 1. The molecule has 3 N–H and O–H groups in total. The van der Waals surface area contributed by atoms with E-state index in [1.165, 1.54) is 12.3 Å². The molecule has 5 rings (SSSR count). The Morgan fingerprint density at radius 1 is 1.30 bits per heavy atom. The zero-order valence-electron chi connectivity index (χ0n) is 22.4. The average Bonchev–Trinajstić information content (AvgIpc) is 3.15. The van der Waals surface area contributed by atoms with E-state index in [4.69, 9.17) is 27.8 Å². The van der Waals surface area contributed by atoms with Crippen LogP contribution in [0, 0.1) is 24.7 Å². The molecule has 9 heteroatoms. The van der Waals surface area contributed by atoms with Crippen LogP contribution in [0.25, 0.3) is 11.1 Å². The Bertz CT molecular complexity index is 1250. The van der Waals surface area contributed by atoms with E-state index in [0.29, 0.717) is 22.3 Å². The van der Waals surface area contributed by atoms with Crippen LogP contribution >= 0.6 is 11.6 Å². The lowest BCUT2D eigenvalue weighted by molar-refractivity contribution is -0.149. The summed E-state index contributed by atoms with van der Waals surface area (Å²) >= 11 is 6.96. The summed E-state index contributed by atoms with van der Waals surface area (Å²) in [5.74, 6) is 0.950. The first-order valence-corrected chi connectivity index (χ1v) is 13.6. The fourth-order valence-corrected chi connectivity index (χ4v) is 6.90. The number of nitrogens with one attached hydrogen (secondary N) is 1. The van der Waals surface area contributed by atoms with Crippen LogP contribution in [-0.2, 0) is 4.79 Å². The standard InChI is InChI=1S/C28H38ClN7O/c1-6-19-14-33(5)8-9-35(19)27-24(25-21(13-30)22(31)10-17(3)26(25)29)18(4)36(32-27)20-11-28(12-20)15-34(16-28)23(37)7-2/h7,10,13,19-20,30H,2,6,8-9,11-12,14-16,31H2,1,3-5H3. The molecule has 1 unspecified atom stereocenters. The number of benzene rings is 1. The van der Waals surface area contributed by atoms with Gasteiger partial charge in [0.25, 0.3) is 0 Å². The minimum atomic E-state index is 0.0143. The van der Waals surface area contributed by atoms with Gasteiger partial charge in [0.15, 0.2) is 5.82 Å². The molecular weight excluding hydrogens is 486 g/mol. The Hall–Kier alpha value is -2.84. The third-order valence-electron chi connectivity index (χ3n) is 8.70. The molecule has 3 heterocycles. The minimum Gasteiger partial charge on any atom is -0.398 e. The fourth-order valence-electron chi connectivity index (χ4n) is 6.65. The first kappa shape index (κ1) is 25.8. The molecule has 0 bridgehead atoms. The lowest BCUT2D eigenvalue weighted by Crippen LogP contribution is -2.63. The number of hydrogen-bond donors (Lipinski definition) is 2. The van der Waals surface area contributed by atoms with Gasteiger partial charge in [-0.1, -0.05) is 25.1 Å². The minimum absolute atomic E-state index is 0.0143. The summed E-state index contributed by atoms with van der Waals surface area (Å²) in [7, 11) is 2.17. The van der Waals surface area contributed by atoms with Gasteiger partial charge >= 0.3 is 0 Å². The molecule has 0 radical (unpaired) electrons. The van der Waals surface area contributed by atoms with Crippen molar-refractivity contribution in [3.8, 4) is 11.1 Å². The van der Waals surface area contributed by atoms with Crippen molar-refractivity contribution >= 4 is 35.2 Å². The molecule has 1 aromatic carbocycles. The van der Waals surface area contributed by atoms with Crippen LogP contribution in [0.1, 0.15) is 49.0 Å². The summed E-state index contributed by atoms with van der Waals surface area (Å²) in [6.07, 6.45) is 5.72. The van der Waals surface area contributed by atoms with Gasteiger partial charge in [0, 0.05) is 78.5 Å². The van der Waals surface area contributed by atoms with E-state index in [1.54, 1.807) is 0 Å². The van der Waals surface area contributed by atoms with Crippen molar-refractivity contribution in [2.75, 3.05) is 50.4 Å². The van der Waals surface area contributed by atoms with Crippen LogP contribution in [0.4, 0.5) is 11.5 Å². The van der Waals surface area contributed by atoms with Crippen molar-refractivity contribution in [3.05, 3.63) is 40.6 Å². The van der Waals surface area contributed by atoms with Crippen LogP contribution in [0.5, 0.6) is 0 Å². The van der Waals surface area contributed by atoms with Crippen molar-refractivity contribution < 1.29 is 4.79 Å². The molecule has 1 atom stereocenters. The molecular formula is C28H38ClN7O. The molecule has 2 aromatic rings. The molecule has 2 aliphatic heterocycles. The molecule has 37 heavy (non-hydrogen) atoms. The van der Waals surface area contributed by atoms with Gasteiger partial charge in [-0.15, -0.1) is 0 Å². The number of hydrogen-bond acceptors (Lipinski definition) is 6. The smallest absolute Gasteiger partial charge is 0.245 e. The second-order valence-electron chi connectivity index (χ2n) is 11.2. The number of aromatic nitrogens is 2. The number of anilines is 2. The van der Waals surface area contributed by atoms with Crippen molar-refractivity contribution in [1.29, 1.82) is 5.41 Å². The highest BCUT2D eigenvalue weighted by atomic mass is 35.5. The number of halogens is 1. The van der Waals surface area contributed by atoms with Gasteiger partial charge in [-0.2, -0.15) is 5.10 Å². The summed E-state index contributed by atoms with van der Waals surface area (Å²) < 4.78 is 2.18. The molecule has 1 amide bonds. The van der Waals surface area contributed by atoms with Crippen LogP contribution in [0.2, 0.25) is 5.02 Å². The van der Waals surface area contributed by atoms with E-state index >= 15 is 0 Å². The van der Waals surface area contributed by atoms with Crippen LogP contribution in [0.15, 0.2) is 18.7 Å². The van der Waals surface area contributed by atoms with Gasteiger partial charge in [0.1, 0.15) is 0 Å². The van der Waals surface area contributed by atoms with E-state index in [-0.39, 0.29) is 17.4 Å². The number of aryl methyl sites for hydroxylation is 1. The molecule has 3 aliphatic rings. The number of nitrogens with two attached hydrogens (primary N) is 1. The van der Waals surface area contributed by atoms with Gasteiger partial charge in [-0.3, -0.25) is 9.48 Å². The van der Waals surface area contributed by atoms with E-state index in [9.17, 15) is 4.79 Å². The summed E-state index contributed by atoms with van der Waals surface area (Å²) in [6.45, 7) is 14.3. The van der Waals surface area contributed by atoms with E-state index in [0.717, 1.165) is 80.2 Å². The fraction of sp³-hybridized carbons (Fsp3) is 0.536. The number of piperazine rings is 1. The van der Waals surface area contributed by atoms with E-state index < -0.39 is 0 Å². The van der Waals surface area contributed by atoms with Crippen LogP contribution < -0.4 is 10.6 Å². The largest absolute Gasteiger partial charge is 0.398 e. The maximum Gasteiger partial charge on any atom is 0.245 e. The first-order valence-electron chi connectivity index (χ1n) is 13.2. The number of carbonyl (C=O) groups excluding carboxylic acids is 1. The lowest BCUT2D eigenvalue weighted by Gasteiger charge is -2.58. The summed E-state index contributed by atoms with van der Waals surface area (Å²) in [5, 5.41) is 14.1. The summed E-state index contributed by atoms with van der Waals surface area (Å²) in [5.41, 5.74) is 11.5. The molecule has 3 fully saturated rings. The van der Waals surface area contributed by atoms with Gasteiger partial charge in [-0.25, -0.2) is 0 Å². The molecule has 8 nitrogen and oxygen atoms in total. The Balaban J connectivity index is 1.58. The van der Waals surface area contributed by atoms with Crippen molar-refractivity contribution in [1.82, 2.24) is 19.6 Å². The number of carbonyl (C=O) groups is 1. The van der Waals surface area contributed by atoms with Crippen molar-refractivity contribution in [2.24, 2.45) is 5.41 Å². The SMILES string of the molecule is C=CC(=O)N1CC2(CC(n3nc(N4CCN(C)CC4CC)c(-c4c(Cl)c(C)cc(N)c4C=N)c3C)C2)C1. The van der Waals surface area contributed by atoms with Crippen molar-refractivity contribution in [2.45, 2.75) is 52.1 Å². The third-order valence-corrected chi connectivity index (χ3v) is 9.18. The quantitative estimate of drug-likeness (QED) is 0.335. The number of rotatable bonds is 6. The Morgan fingerprint density at radius 3 is 2.62 bits per heavy atom. The summed E-state index contributed by atoms with van der Waals surface area (Å²) in [6, 6.07) is 2.45. The van der Waals surface area contributed by atoms with Crippen LogP contribution in [0.3, 0.4) is 0 Å². The average molecular weight is 524 g/mol. The highest BCUT2D eigenvalue weighted by Gasteiger charge is 2.54. The lowest BCUT2D eigenvalue weighted by atomic mass is 9.60. The maximum atomic E-state index is 12.0. The predicted octanol–water partition coefficient (Wildman–Crippen LogP) is 4.28. The van der Waals surface area contributed by atoms with Gasteiger partial charge in [0.05, 0.1) is 11.1 Å². The van der Waals surface area contributed by atoms with Gasteiger partial charge < -0.3 is 25.8 Å². The number of nitrogens with zero attached hydrogens (tertiary/aromatic N) is 5. The number of likely N-dealkylation sites (tertiary alicyclic amines) is 1. The monoisotopic (exact) mass is 523 g/mol. The normalized spacial score (nSPS) is 21.6. The summed E-state index contributed by atoms with van der Waals surface area (Å²) in [4.78, 5) is 18.7. The molecule has 1 aliphatic carbocycles. The molecule has 2 saturated heterocycles. The number of likely N-dealkylation sites (N-methyl/N-ethyl adjacent to an activating group) is 1. The first-order chi connectivity index (χ1) is 17.6. The highest BCUT2D eigenvalue weighted by Crippen LogP contribution is 2.55. The predicted molar refractivity (Wildman–Crippen MR) is 151 cm³/mol. The van der Waals surface area contributed by atoms with Crippen LogP contribution in [-0.4, -0.2) is 77.5 Å². The second kappa shape index (κ2) is 9.48. The van der Waals surface area contributed by atoms with E-state index in [1.807, 2.05) is 17.9 Å². The maximum absolute atomic E-state index is 12.0. The highest BCUT2D eigenvalue weighted by molar-refractivity contribution is 6.35. The second-order valence-corrected chi connectivity index (χ2v) is 11.6. The zero-order chi connectivity index (χ0) is 26.6. The topological polar surface area (TPSA) is 94.5 Å². The molecule has 1 spiro atoms. The molecule has 1 aromatic heterocycles. The Kier molecular flexibility index (Phi) is 6.61. The Morgan fingerprint density at radius 2 is 2.00 bits per heavy atom. The molecule has 1 saturated carbocycles. The van der Waals surface area contributed by atoms with Gasteiger partial charge in [0.2, 0.25) is 5.91 Å². The number of nitrogen functional groups attached to an aromatic ring is 1.